The lowest BCUT2D eigenvalue weighted by Crippen LogP contribution is -2.36. The summed E-state index contributed by atoms with van der Waals surface area (Å²) >= 11 is 4.81. The number of rotatable bonds is 6. The van der Waals surface area contributed by atoms with Gasteiger partial charge in [0.05, 0.1) is 0 Å². The highest BCUT2D eigenvalue weighted by molar-refractivity contribution is 8.02. The molecule has 1 aromatic heterocycles. The second kappa shape index (κ2) is 8.11. The van der Waals surface area contributed by atoms with Crippen molar-refractivity contribution in [1.82, 2.24) is 15.5 Å². The molecule has 1 aliphatic carbocycles. The van der Waals surface area contributed by atoms with E-state index in [1.807, 2.05) is 6.26 Å². The van der Waals surface area contributed by atoms with E-state index < -0.39 is 0 Å². The van der Waals surface area contributed by atoms with Crippen molar-refractivity contribution in [3.05, 3.63) is 0 Å². The molecule has 1 saturated carbocycles. The third-order valence-corrected chi connectivity index (χ3v) is 6.12. The van der Waals surface area contributed by atoms with Gasteiger partial charge in [0.1, 0.15) is 0 Å². The number of carbonyl (C=O) groups is 1. The molecule has 19 heavy (non-hydrogen) atoms. The van der Waals surface area contributed by atoms with Crippen LogP contribution < -0.4 is 5.32 Å². The number of amides is 1. The normalized spacial score (nSPS) is 16.5. The molecule has 0 atom stereocenters. The lowest BCUT2D eigenvalue weighted by atomic mass is 9.95. The van der Waals surface area contributed by atoms with Gasteiger partial charge >= 0.3 is 0 Å². The maximum Gasteiger partial charge on any atom is 0.221 e. The van der Waals surface area contributed by atoms with Gasteiger partial charge in [-0.3, -0.25) is 4.79 Å². The number of hydrogen-bond acceptors (Lipinski definition) is 6. The van der Waals surface area contributed by atoms with Crippen molar-refractivity contribution in [2.24, 2.45) is 0 Å². The van der Waals surface area contributed by atoms with Crippen LogP contribution in [0.3, 0.4) is 0 Å². The van der Waals surface area contributed by atoms with Crippen LogP contribution >= 0.6 is 34.9 Å². The van der Waals surface area contributed by atoms with Crippen LogP contribution in [0.1, 0.15) is 38.5 Å². The molecule has 1 amide bonds. The standard InChI is InChI=1S/C12H19N3OS3/c1-17-11-14-15-12(19-11)18-8-7-10(16)13-9-5-3-2-4-6-9/h9H,2-8H2,1H3,(H,13,16). The van der Waals surface area contributed by atoms with Crippen LogP contribution in [-0.4, -0.2) is 34.2 Å². The van der Waals surface area contributed by atoms with Crippen LogP contribution in [0.4, 0.5) is 0 Å². The molecule has 1 aromatic rings. The minimum atomic E-state index is 0.175. The quantitative estimate of drug-likeness (QED) is 0.817. The maximum absolute atomic E-state index is 11.8. The fourth-order valence-corrected chi connectivity index (χ4v) is 4.56. The van der Waals surface area contributed by atoms with Gasteiger partial charge < -0.3 is 5.32 Å². The van der Waals surface area contributed by atoms with Crippen LogP contribution in [0.15, 0.2) is 8.68 Å². The summed E-state index contributed by atoms with van der Waals surface area (Å²) in [5, 5.41) is 11.2. The molecule has 7 heteroatoms. The minimum Gasteiger partial charge on any atom is -0.353 e. The zero-order chi connectivity index (χ0) is 13.5. The van der Waals surface area contributed by atoms with E-state index in [4.69, 9.17) is 0 Å². The molecular weight excluding hydrogens is 298 g/mol. The average molecular weight is 318 g/mol. The second-order valence-electron chi connectivity index (χ2n) is 4.54. The van der Waals surface area contributed by atoms with E-state index >= 15 is 0 Å². The Morgan fingerprint density at radius 2 is 2.05 bits per heavy atom. The van der Waals surface area contributed by atoms with Crippen LogP contribution in [-0.2, 0) is 4.79 Å². The zero-order valence-electron chi connectivity index (χ0n) is 11.1. The molecule has 1 heterocycles. The van der Waals surface area contributed by atoms with Gasteiger partial charge in [0, 0.05) is 18.2 Å². The first-order valence-corrected chi connectivity index (χ1v) is 9.60. The van der Waals surface area contributed by atoms with E-state index in [-0.39, 0.29) is 5.91 Å². The average Bonchev–Trinajstić information content (AvgIpc) is 2.88. The van der Waals surface area contributed by atoms with Gasteiger partial charge in [0.2, 0.25) is 5.91 Å². The first-order valence-electron chi connectivity index (χ1n) is 6.57. The van der Waals surface area contributed by atoms with Crippen molar-refractivity contribution in [2.75, 3.05) is 12.0 Å². The van der Waals surface area contributed by atoms with Gasteiger partial charge in [-0.05, 0) is 19.1 Å². The molecule has 0 radical (unpaired) electrons. The van der Waals surface area contributed by atoms with Crippen LogP contribution in [0.25, 0.3) is 0 Å². The summed E-state index contributed by atoms with van der Waals surface area (Å²) in [6.07, 6.45) is 8.67. The largest absolute Gasteiger partial charge is 0.353 e. The fraction of sp³-hybridized carbons (Fsp3) is 0.750. The van der Waals surface area contributed by atoms with Crippen molar-refractivity contribution in [3.63, 3.8) is 0 Å². The molecule has 0 saturated heterocycles. The Bertz CT molecular complexity index is 405. The van der Waals surface area contributed by atoms with Crippen LogP contribution in [0, 0.1) is 0 Å². The van der Waals surface area contributed by atoms with Gasteiger partial charge in [0.15, 0.2) is 8.68 Å². The summed E-state index contributed by atoms with van der Waals surface area (Å²) in [6, 6.07) is 0.413. The Balaban J connectivity index is 1.63. The molecule has 0 bridgehead atoms. The molecule has 4 nitrogen and oxygen atoms in total. The molecule has 0 aliphatic heterocycles. The third kappa shape index (κ3) is 5.31. The lowest BCUT2D eigenvalue weighted by molar-refractivity contribution is -0.121. The van der Waals surface area contributed by atoms with Gasteiger partial charge in [-0.25, -0.2) is 0 Å². The molecule has 106 valence electrons. The van der Waals surface area contributed by atoms with Gasteiger partial charge in [-0.15, -0.1) is 10.2 Å². The van der Waals surface area contributed by atoms with Gasteiger partial charge in [0.25, 0.3) is 0 Å². The summed E-state index contributed by atoms with van der Waals surface area (Å²) in [5.74, 6) is 0.954. The highest BCUT2D eigenvalue weighted by atomic mass is 32.2. The number of nitrogens with zero attached hydrogens (tertiary/aromatic N) is 2. The maximum atomic E-state index is 11.8. The number of aromatic nitrogens is 2. The van der Waals surface area contributed by atoms with Crippen molar-refractivity contribution in [2.45, 2.75) is 53.2 Å². The highest BCUT2D eigenvalue weighted by Crippen LogP contribution is 2.27. The first kappa shape index (κ1) is 15.1. The van der Waals surface area contributed by atoms with E-state index in [9.17, 15) is 4.79 Å². The first-order chi connectivity index (χ1) is 9.28. The highest BCUT2D eigenvalue weighted by Gasteiger charge is 2.15. The van der Waals surface area contributed by atoms with Crippen molar-refractivity contribution in [3.8, 4) is 0 Å². The fourth-order valence-electron chi connectivity index (χ4n) is 2.12. The Morgan fingerprint density at radius 1 is 1.32 bits per heavy atom. The molecule has 0 unspecified atom stereocenters. The SMILES string of the molecule is CSc1nnc(SCCC(=O)NC2CCCCC2)s1. The predicted octanol–water partition coefficient (Wildman–Crippen LogP) is 3.19. The summed E-state index contributed by atoms with van der Waals surface area (Å²) < 4.78 is 1.93. The molecule has 2 rings (SSSR count). The number of thioether (sulfide) groups is 2. The van der Waals surface area contributed by atoms with E-state index in [1.165, 1.54) is 19.3 Å². The number of nitrogens with one attached hydrogen (secondary N) is 1. The molecule has 1 fully saturated rings. The van der Waals surface area contributed by atoms with Crippen molar-refractivity contribution in [1.29, 1.82) is 0 Å². The topological polar surface area (TPSA) is 54.9 Å². The molecule has 0 spiro atoms. The Labute approximate surface area is 126 Å². The van der Waals surface area contributed by atoms with E-state index in [0.717, 1.165) is 27.3 Å². The second-order valence-corrected chi connectivity index (χ2v) is 7.91. The summed E-state index contributed by atoms with van der Waals surface area (Å²) in [4.78, 5) is 11.8. The van der Waals surface area contributed by atoms with Gasteiger partial charge in [-0.1, -0.05) is 54.1 Å². The van der Waals surface area contributed by atoms with Crippen LogP contribution in [0.2, 0.25) is 0 Å². The summed E-state index contributed by atoms with van der Waals surface area (Å²) in [7, 11) is 0. The minimum absolute atomic E-state index is 0.175. The Morgan fingerprint density at radius 3 is 2.74 bits per heavy atom. The predicted molar refractivity (Wildman–Crippen MR) is 82.0 cm³/mol. The summed E-state index contributed by atoms with van der Waals surface area (Å²) in [6.45, 7) is 0. The smallest absolute Gasteiger partial charge is 0.221 e. The Hall–Kier alpha value is -0.270. The number of hydrogen-bond donors (Lipinski definition) is 1. The third-order valence-electron chi connectivity index (χ3n) is 3.09. The number of carbonyl (C=O) groups excluding carboxylic acids is 1. The molecule has 1 N–H and O–H groups in total. The van der Waals surface area contributed by atoms with E-state index in [1.54, 1.807) is 34.9 Å². The summed E-state index contributed by atoms with van der Waals surface area (Å²) in [5.41, 5.74) is 0. The molecule has 0 aromatic carbocycles. The zero-order valence-corrected chi connectivity index (χ0v) is 13.5. The van der Waals surface area contributed by atoms with Crippen molar-refractivity contribution < 1.29 is 4.79 Å². The molecular formula is C12H19N3OS3. The van der Waals surface area contributed by atoms with E-state index in [0.29, 0.717) is 12.5 Å². The van der Waals surface area contributed by atoms with E-state index in [2.05, 4.69) is 15.5 Å². The van der Waals surface area contributed by atoms with Crippen molar-refractivity contribution >= 4 is 40.8 Å². The van der Waals surface area contributed by atoms with Crippen LogP contribution in [0.5, 0.6) is 0 Å². The lowest BCUT2D eigenvalue weighted by Gasteiger charge is -2.22. The monoisotopic (exact) mass is 317 g/mol. The Kier molecular flexibility index (Phi) is 6.46. The van der Waals surface area contributed by atoms with Gasteiger partial charge in [-0.2, -0.15) is 0 Å². The molecule has 1 aliphatic rings.